The van der Waals surface area contributed by atoms with Crippen molar-refractivity contribution in [1.29, 1.82) is 0 Å². The number of rotatable bonds is 6. The second-order valence-electron chi connectivity index (χ2n) is 6.11. The SMILES string of the molecule is CC(C)Nc1ncc(C(=O)N(CCO)C2CCCCC2)cn1. The minimum absolute atomic E-state index is 0.0178. The van der Waals surface area contributed by atoms with Crippen molar-refractivity contribution < 1.29 is 9.90 Å². The second-order valence-corrected chi connectivity index (χ2v) is 6.11. The van der Waals surface area contributed by atoms with Gasteiger partial charge in [0.1, 0.15) is 0 Å². The molecule has 6 heteroatoms. The van der Waals surface area contributed by atoms with Crippen molar-refractivity contribution in [2.45, 2.75) is 58.0 Å². The monoisotopic (exact) mass is 306 g/mol. The third-order valence-corrected chi connectivity index (χ3v) is 3.93. The van der Waals surface area contributed by atoms with E-state index in [9.17, 15) is 9.90 Å². The van der Waals surface area contributed by atoms with Gasteiger partial charge < -0.3 is 15.3 Å². The van der Waals surface area contributed by atoms with Gasteiger partial charge in [0, 0.05) is 31.0 Å². The number of amides is 1. The second kappa shape index (κ2) is 8.08. The van der Waals surface area contributed by atoms with Gasteiger partial charge in [0.2, 0.25) is 5.95 Å². The van der Waals surface area contributed by atoms with Crippen molar-refractivity contribution >= 4 is 11.9 Å². The van der Waals surface area contributed by atoms with Gasteiger partial charge in [-0.15, -0.1) is 0 Å². The summed E-state index contributed by atoms with van der Waals surface area (Å²) in [5.41, 5.74) is 0.480. The number of hydrogen-bond donors (Lipinski definition) is 2. The lowest BCUT2D eigenvalue weighted by Crippen LogP contribution is -2.43. The zero-order valence-corrected chi connectivity index (χ0v) is 13.5. The van der Waals surface area contributed by atoms with Crippen LogP contribution in [0.25, 0.3) is 0 Å². The fourth-order valence-electron chi connectivity index (χ4n) is 2.89. The van der Waals surface area contributed by atoms with E-state index in [1.165, 1.54) is 6.42 Å². The van der Waals surface area contributed by atoms with Gasteiger partial charge in [-0.25, -0.2) is 9.97 Å². The minimum Gasteiger partial charge on any atom is -0.395 e. The molecule has 2 N–H and O–H groups in total. The molecule has 0 spiro atoms. The highest BCUT2D eigenvalue weighted by atomic mass is 16.3. The van der Waals surface area contributed by atoms with E-state index in [-0.39, 0.29) is 24.6 Å². The van der Waals surface area contributed by atoms with Crippen LogP contribution in [0.1, 0.15) is 56.3 Å². The summed E-state index contributed by atoms with van der Waals surface area (Å²) >= 11 is 0. The van der Waals surface area contributed by atoms with E-state index in [1.54, 1.807) is 17.3 Å². The topological polar surface area (TPSA) is 78.4 Å². The van der Waals surface area contributed by atoms with E-state index >= 15 is 0 Å². The standard InChI is InChI=1S/C16H26N4O2/c1-12(2)19-16-17-10-13(11-18-16)15(22)20(8-9-21)14-6-4-3-5-7-14/h10-12,14,21H,3-9H2,1-2H3,(H,17,18,19). The van der Waals surface area contributed by atoms with E-state index in [0.717, 1.165) is 25.7 Å². The molecule has 1 heterocycles. The number of aromatic nitrogens is 2. The van der Waals surface area contributed by atoms with Crippen molar-refractivity contribution in [3.63, 3.8) is 0 Å². The maximum atomic E-state index is 12.7. The van der Waals surface area contributed by atoms with E-state index in [1.807, 2.05) is 13.8 Å². The summed E-state index contributed by atoms with van der Waals surface area (Å²) < 4.78 is 0. The Balaban J connectivity index is 2.08. The van der Waals surface area contributed by atoms with Crippen LogP contribution in [0, 0.1) is 0 Å². The molecular weight excluding hydrogens is 280 g/mol. The first-order valence-corrected chi connectivity index (χ1v) is 8.12. The highest BCUT2D eigenvalue weighted by Gasteiger charge is 2.26. The quantitative estimate of drug-likeness (QED) is 0.841. The molecule has 0 radical (unpaired) electrons. The first kappa shape index (κ1) is 16.7. The molecule has 22 heavy (non-hydrogen) atoms. The maximum absolute atomic E-state index is 12.7. The van der Waals surface area contributed by atoms with Gasteiger partial charge in [-0.3, -0.25) is 4.79 Å². The van der Waals surface area contributed by atoms with E-state index < -0.39 is 0 Å². The molecule has 1 saturated carbocycles. The molecule has 0 bridgehead atoms. The lowest BCUT2D eigenvalue weighted by atomic mass is 9.94. The highest BCUT2D eigenvalue weighted by molar-refractivity contribution is 5.94. The molecule has 1 aromatic heterocycles. The van der Waals surface area contributed by atoms with Crippen molar-refractivity contribution in [2.24, 2.45) is 0 Å². The summed E-state index contributed by atoms with van der Waals surface area (Å²) in [6, 6.07) is 0.469. The molecular formula is C16H26N4O2. The minimum atomic E-state index is -0.0861. The molecule has 1 amide bonds. The average Bonchev–Trinajstić information content (AvgIpc) is 2.53. The molecule has 0 aliphatic heterocycles. The third-order valence-electron chi connectivity index (χ3n) is 3.93. The third kappa shape index (κ3) is 4.40. The summed E-state index contributed by atoms with van der Waals surface area (Å²) in [6.07, 6.45) is 8.68. The molecule has 0 unspecified atom stereocenters. The zero-order valence-electron chi connectivity index (χ0n) is 13.5. The van der Waals surface area contributed by atoms with E-state index in [0.29, 0.717) is 18.1 Å². The lowest BCUT2D eigenvalue weighted by molar-refractivity contribution is 0.0584. The maximum Gasteiger partial charge on any atom is 0.257 e. The first-order valence-electron chi connectivity index (χ1n) is 8.12. The molecule has 1 aliphatic carbocycles. The van der Waals surface area contributed by atoms with Crippen LogP contribution in [0.3, 0.4) is 0 Å². The number of aliphatic hydroxyl groups is 1. The summed E-state index contributed by atoms with van der Waals surface area (Å²) in [5.74, 6) is 0.440. The van der Waals surface area contributed by atoms with Crippen LogP contribution in [-0.4, -0.2) is 51.1 Å². The lowest BCUT2D eigenvalue weighted by Gasteiger charge is -2.34. The number of aliphatic hydroxyl groups excluding tert-OH is 1. The number of nitrogens with zero attached hydrogens (tertiary/aromatic N) is 3. The average molecular weight is 306 g/mol. The van der Waals surface area contributed by atoms with Crippen molar-refractivity contribution in [3.05, 3.63) is 18.0 Å². The summed E-state index contributed by atoms with van der Waals surface area (Å²) in [4.78, 5) is 22.9. The van der Waals surface area contributed by atoms with Gasteiger partial charge in [0.05, 0.1) is 12.2 Å². The van der Waals surface area contributed by atoms with Gasteiger partial charge in [-0.05, 0) is 26.7 Å². The Hall–Kier alpha value is -1.69. The molecule has 122 valence electrons. The van der Waals surface area contributed by atoms with E-state index in [2.05, 4.69) is 15.3 Å². The van der Waals surface area contributed by atoms with Crippen LogP contribution >= 0.6 is 0 Å². The summed E-state index contributed by atoms with van der Waals surface area (Å²) in [6.45, 7) is 4.37. The first-order chi connectivity index (χ1) is 10.6. The van der Waals surface area contributed by atoms with Gasteiger partial charge in [0.25, 0.3) is 5.91 Å². The summed E-state index contributed by atoms with van der Waals surface area (Å²) in [7, 11) is 0. The Bertz CT molecular complexity index is 470. The molecule has 6 nitrogen and oxygen atoms in total. The normalized spacial score (nSPS) is 15.8. The molecule has 0 aromatic carbocycles. The Kier molecular flexibility index (Phi) is 6.12. The Labute approximate surface area is 132 Å². The van der Waals surface area contributed by atoms with Crippen LogP contribution in [-0.2, 0) is 0 Å². The smallest absolute Gasteiger partial charge is 0.257 e. The number of hydrogen-bond acceptors (Lipinski definition) is 5. The van der Waals surface area contributed by atoms with Gasteiger partial charge in [-0.2, -0.15) is 0 Å². The van der Waals surface area contributed by atoms with Gasteiger partial charge in [0.15, 0.2) is 0 Å². The molecule has 0 saturated heterocycles. The summed E-state index contributed by atoms with van der Waals surface area (Å²) in [5, 5.41) is 12.4. The zero-order chi connectivity index (χ0) is 15.9. The van der Waals surface area contributed by atoms with Gasteiger partial charge >= 0.3 is 0 Å². The molecule has 1 fully saturated rings. The predicted octanol–water partition coefficient (Wildman–Crippen LogP) is 2.06. The fraction of sp³-hybridized carbons (Fsp3) is 0.688. The van der Waals surface area contributed by atoms with Gasteiger partial charge in [-0.1, -0.05) is 19.3 Å². The van der Waals surface area contributed by atoms with E-state index in [4.69, 9.17) is 0 Å². The predicted molar refractivity (Wildman–Crippen MR) is 85.8 cm³/mol. The number of carbonyl (C=O) groups excluding carboxylic acids is 1. The number of nitrogens with one attached hydrogen (secondary N) is 1. The Morgan fingerprint density at radius 1 is 1.32 bits per heavy atom. The van der Waals surface area contributed by atoms with Crippen molar-refractivity contribution in [2.75, 3.05) is 18.5 Å². The Morgan fingerprint density at radius 2 is 1.95 bits per heavy atom. The van der Waals surface area contributed by atoms with Crippen molar-refractivity contribution in [1.82, 2.24) is 14.9 Å². The molecule has 2 rings (SSSR count). The molecule has 1 aliphatic rings. The highest BCUT2D eigenvalue weighted by Crippen LogP contribution is 2.23. The number of anilines is 1. The van der Waals surface area contributed by atoms with Crippen LogP contribution < -0.4 is 5.32 Å². The Morgan fingerprint density at radius 3 is 2.50 bits per heavy atom. The van der Waals surface area contributed by atoms with Crippen LogP contribution in [0.2, 0.25) is 0 Å². The van der Waals surface area contributed by atoms with Crippen LogP contribution in [0.15, 0.2) is 12.4 Å². The number of carbonyl (C=O) groups is 1. The largest absolute Gasteiger partial charge is 0.395 e. The molecule has 1 aromatic rings. The molecule has 0 atom stereocenters. The fourth-order valence-corrected chi connectivity index (χ4v) is 2.89. The van der Waals surface area contributed by atoms with Crippen LogP contribution in [0.4, 0.5) is 5.95 Å². The van der Waals surface area contributed by atoms with Crippen molar-refractivity contribution in [3.8, 4) is 0 Å². The van der Waals surface area contributed by atoms with Crippen LogP contribution in [0.5, 0.6) is 0 Å².